The Bertz CT molecular complexity index is 1140. The van der Waals surface area contributed by atoms with Crippen LogP contribution in [-0.2, 0) is 21.2 Å². The maximum absolute atomic E-state index is 12.6. The molecule has 0 aliphatic carbocycles. The fourth-order valence-electron chi connectivity index (χ4n) is 4.05. The molecular weight excluding hydrogens is 426 g/mol. The summed E-state index contributed by atoms with van der Waals surface area (Å²) in [5.74, 6) is 0.676. The number of aromatic amines is 1. The highest BCUT2D eigenvalue weighted by molar-refractivity contribution is 7.89. The first kappa shape index (κ1) is 22.3. The molecule has 1 fully saturated rings. The molecule has 3 aromatic rings. The number of amides is 1. The standard InChI is InChI=1S/C23H29N5O3S/c29-23(10-5-6-19-18-26-21-8-2-1-7-20(19)21)25-12-17-32(30,31)28-15-13-27(14-16-28)22-9-3-4-11-24-22/h1-4,7-9,11,18,26H,5-6,10,12-17H2,(H,25,29). The van der Waals surface area contributed by atoms with Gasteiger partial charge in [0.1, 0.15) is 5.82 Å². The van der Waals surface area contributed by atoms with Crippen molar-refractivity contribution in [1.82, 2.24) is 19.6 Å². The van der Waals surface area contributed by atoms with Crippen LogP contribution in [0.4, 0.5) is 5.82 Å². The van der Waals surface area contributed by atoms with Crippen molar-refractivity contribution in [3.63, 3.8) is 0 Å². The van der Waals surface area contributed by atoms with Gasteiger partial charge >= 0.3 is 0 Å². The zero-order chi connectivity index (χ0) is 22.4. The van der Waals surface area contributed by atoms with E-state index in [1.54, 1.807) is 6.20 Å². The molecule has 2 N–H and O–H groups in total. The minimum atomic E-state index is -3.40. The summed E-state index contributed by atoms with van der Waals surface area (Å²) in [4.78, 5) is 21.8. The van der Waals surface area contributed by atoms with Crippen LogP contribution in [-0.4, -0.2) is 67.1 Å². The van der Waals surface area contributed by atoms with Crippen LogP contribution in [0, 0.1) is 0 Å². The van der Waals surface area contributed by atoms with Gasteiger partial charge in [-0.1, -0.05) is 24.3 Å². The first-order valence-corrected chi connectivity index (χ1v) is 12.6. The van der Waals surface area contributed by atoms with Gasteiger partial charge in [0.2, 0.25) is 15.9 Å². The molecule has 0 bridgehead atoms. The second-order valence-electron chi connectivity index (χ2n) is 7.95. The number of benzene rings is 1. The molecule has 9 heteroatoms. The van der Waals surface area contributed by atoms with Crippen LogP contribution >= 0.6 is 0 Å². The van der Waals surface area contributed by atoms with Crippen molar-refractivity contribution < 1.29 is 13.2 Å². The van der Waals surface area contributed by atoms with E-state index in [2.05, 4.69) is 26.3 Å². The summed E-state index contributed by atoms with van der Waals surface area (Å²) in [7, 11) is -3.40. The number of rotatable bonds is 9. The number of nitrogens with zero attached hydrogens (tertiary/aromatic N) is 3. The molecule has 3 heterocycles. The van der Waals surface area contributed by atoms with E-state index in [0.717, 1.165) is 24.2 Å². The highest BCUT2D eigenvalue weighted by Crippen LogP contribution is 2.19. The predicted molar refractivity (Wildman–Crippen MR) is 126 cm³/mol. The van der Waals surface area contributed by atoms with E-state index in [0.29, 0.717) is 32.6 Å². The van der Waals surface area contributed by atoms with E-state index in [9.17, 15) is 13.2 Å². The molecule has 0 unspecified atom stereocenters. The Labute approximate surface area is 188 Å². The zero-order valence-corrected chi connectivity index (χ0v) is 18.9. The average Bonchev–Trinajstić information content (AvgIpc) is 3.23. The van der Waals surface area contributed by atoms with E-state index in [-0.39, 0.29) is 18.2 Å². The van der Waals surface area contributed by atoms with E-state index in [1.807, 2.05) is 42.6 Å². The Morgan fingerprint density at radius 2 is 1.84 bits per heavy atom. The number of piperazine rings is 1. The van der Waals surface area contributed by atoms with Crippen molar-refractivity contribution in [2.45, 2.75) is 19.3 Å². The lowest BCUT2D eigenvalue weighted by Crippen LogP contribution is -2.50. The van der Waals surface area contributed by atoms with Crippen molar-refractivity contribution in [1.29, 1.82) is 0 Å². The Hall–Kier alpha value is -2.91. The van der Waals surface area contributed by atoms with Gasteiger partial charge in [-0.25, -0.2) is 13.4 Å². The molecule has 1 aliphatic heterocycles. The van der Waals surface area contributed by atoms with Crippen LogP contribution < -0.4 is 10.2 Å². The third-order valence-corrected chi connectivity index (χ3v) is 7.68. The van der Waals surface area contributed by atoms with Gasteiger partial charge in [-0.15, -0.1) is 0 Å². The number of aromatic nitrogens is 2. The van der Waals surface area contributed by atoms with E-state index in [1.165, 1.54) is 15.3 Å². The number of fused-ring (bicyclic) bond motifs is 1. The third kappa shape index (κ3) is 5.46. The molecule has 1 amide bonds. The number of H-pyrrole nitrogens is 1. The van der Waals surface area contributed by atoms with Gasteiger partial charge in [0.25, 0.3) is 0 Å². The largest absolute Gasteiger partial charge is 0.361 e. The maximum atomic E-state index is 12.6. The van der Waals surface area contributed by atoms with Crippen LogP contribution in [0.1, 0.15) is 18.4 Å². The van der Waals surface area contributed by atoms with Gasteiger partial charge in [0, 0.05) is 62.4 Å². The molecule has 0 radical (unpaired) electrons. The number of para-hydroxylation sites is 1. The monoisotopic (exact) mass is 455 g/mol. The van der Waals surface area contributed by atoms with Crippen LogP contribution in [0.15, 0.2) is 54.9 Å². The number of carbonyl (C=O) groups excluding carboxylic acids is 1. The van der Waals surface area contributed by atoms with Crippen LogP contribution in [0.25, 0.3) is 10.9 Å². The Morgan fingerprint density at radius 3 is 2.62 bits per heavy atom. The van der Waals surface area contributed by atoms with Crippen molar-refractivity contribution in [3.05, 3.63) is 60.4 Å². The van der Waals surface area contributed by atoms with Gasteiger partial charge in [0.05, 0.1) is 5.75 Å². The smallest absolute Gasteiger partial charge is 0.220 e. The fourth-order valence-corrected chi connectivity index (χ4v) is 5.39. The Kier molecular flexibility index (Phi) is 7.06. The van der Waals surface area contributed by atoms with Crippen LogP contribution in [0.5, 0.6) is 0 Å². The van der Waals surface area contributed by atoms with Crippen LogP contribution in [0.2, 0.25) is 0 Å². The van der Waals surface area contributed by atoms with Crippen molar-refractivity contribution in [3.8, 4) is 0 Å². The molecule has 0 saturated carbocycles. The maximum Gasteiger partial charge on any atom is 0.220 e. The molecule has 32 heavy (non-hydrogen) atoms. The van der Waals surface area contributed by atoms with E-state index < -0.39 is 10.0 Å². The van der Waals surface area contributed by atoms with Gasteiger partial charge in [-0.05, 0) is 36.6 Å². The number of aryl methyl sites for hydroxylation is 1. The molecule has 0 atom stereocenters. The minimum absolute atomic E-state index is 0.0786. The zero-order valence-electron chi connectivity index (χ0n) is 18.0. The second-order valence-corrected chi connectivity index (χ2v) is 10.0. The number of sulfonamides is 1. The molecule has 8 nitrogen and oxygen atoms in total. The SMILES string of the molecule is O=C(CCCc1c[nH]c2ccccc12)NCCS(=O)(=O)N1CCN(c2ccccn2)CC1. The van der Waals surface area contributed by atoms with Crippen molar-refractivity contribution in [2.75, 3.05) is 43.4 Å². The van der Waals surface area contributed by atoms with Gasteiger partial charge in [0.15, 0.2) is 0 Å². The Morgan fingerprint density at radius 1 is 1.06 bits per heavy atom. The highest BCUT2D eigenvalue weighted by Gasteiger charge is 2.27. The fraction of sp³-hybridized carbons (Fsp3) is 0.391. The molecule has 1 aromatic carbocycles. The molecule has 1 aliphatic rings. The van der Waals surface area contributed by atoms with E-state index >= 15 is 0 Å². The number of hydrogen-bond donors (Lipinski definition) is 2. The molecule has 1 saturated heterocycles. The first-order valence-electron chi connectivity index (χ1n) is 11.0. The number of hydrogen-bond acceptors (Lipinski definition) is 5. The molecule has 2 aromatic heterocycles. The van der Waals surface area contributed by atoms with Crippen molar-refractivity contribution >= 4 is 32.7 Å². The number of carbonyl (C=O) groups is 1. The van der Waals surface area contributed by atoms with Crippen LogP contribution in [0.3, 0.4) is 0 Å². The number of nitrogens with one attached hydrogen (secondary N) is 2. The van der Waals surface area contributed by atoms with Crippen molar-refractivity contribution in [2.24, 2.45) is 0 Å². The summed E-state index contributed by atoms with van der Waals surface area (Å²) < 4.78 is 26.8. The minimum Gasteiger partial charge on any atom is -0.361 e. The summed E-state index contributed by atoms with van der Waals surface area (Å²) in [6.45, 7) is 2.20. The van der Waals surface area contributed by atoms with Gasteiger partial charge in [-0.3, -0.25) is 4.79 Å². The van der Waals surface area contributed by atoms with E-state index in [4.69, 9.17) is 0 Å². The van der Waals surface area contributed by atoms with Gasteiger partial charge < -0.3 is 15.2 Å². The first-order chi connectivity index (χ1) is 15.5. The summed E-state index contributed by atoms with van der Waals surface area (Å²) in [6.07, 6.45) is 5.62. The quantitative estimate of drug-likeness (QED) is 0.515. The normalized spacial score (nSPS) is 15.2. The summed E-state index contributed by atoms with van der Waals surface area (Å²) in [5.41, 5.74) is 2.29. The lowest BCUT2D eigenvalue weighted by molar-refractivity contribution is -0.121. The molecule has 4 rings (SSSR count). The summed E-state index contributed by atoms with van der Waals surface area (Å²) in [6, 6.07) is 13.8. The number of anilines is 1. The third-order valence-electron chi connectivity index (χ3n) is 5.81. The molecule has 0 spiro atoms. The van der Waals surface area contributed by atoms with Gasteiger partial charge in [-0.2, -0.15) is 4.31 Å². The Balaban J connectivity index is 1.16. The lowest BCUT2D eigenvalue weighted by atomic mass is 10.1. The average molecular weight is 456 g/mol. The number of pyridine rings is 1. The lowest BCUT2D eigenvalue weighted by Gasteiger charge is -2.34. The highest BCUT2D eigenvalue weighted by atomic mass is 32.2. The molecular formula is C23H29N5O3S. The second kappa shape index (κ2) is 10.1. The predicted octanol–water partition coefficient (Wildman–Crippen LogP) is 2.15. The molecule has 170 valence electrons. The topological polar surface area (TPSA) is 98.4 Å². The summed E-state index contributed by atoms with van der Waals surface area (Å²) in [5, 5.41) is 3.94. The summed E-state index contributed by atoms with van der Waals surface area (Å²) >= 11 is 0.